The summed E-state index contributed by atoms with van der Waals surface area (Å²) in [6.45, 7) is 5.53. The number of nitrogens with zero attached hydrogens (tertiary/aromatic N) is 4. The molecule has 9 heteroatoms. The van der Waals surface area contributed by atoms with Crippen LogP contribution in [-0.4, -0.2) is 78.1 Å². The predicted octanol–water partition coefficient (Wildman–Crippen LogP) is 2.25. The van der Waals surface area contributed by atoms with E-state index in [-0.39, 0.29) is 23.5 Å². The Morgan fingerprint density at radius 2 is 1.94 bits per heavy atom. The van der Waals surface area contributed by atoms with E-state index in [0.717, 1.165) is 23.6 Å². The van der Waals surface area contributed by atoms with E-state index in [1.807, 2.05) is 6.92 Å². The Kier molecular flexibility index (Phi) is 6.80. The van der Waals surface area contributed by atoms with Crippen molar-refractivity contribution >= 4 is 10.0 Å². The number of benzene rings is 1. The highest BCUT2D eigenvalue weighted by Crippen LogP contribution is 2.36. The first-order chi connectivity index (χ1) is 15.3. The van der Waals surface area contributed by atoms with E-state index in [1.165, 1.54) is 23.5 Å². The van der Waals surface area contributed by atoms with Gasteiger partial charge in [0, 0.05) is 49.6 Å². The van der Waals surface area contributed by atoms with Crippen molar-refractivity contribution in [2.45, 2.75) is 43.7 Å². The largest absolute Gasteiger partial charge is 0.487 e. The molecule has 8 nitrogen and oxygen atoms in total. The normalized spacial score (nSPS) is 24.3. The molecule has 2 aromatic rings. The van der Waals surface area contributed by atoms with E-state index in [1.54, 1.807) is 37.5 Å². The molecule has 174 valence electrons. The van der Waals surface area contributed by atoms with Crippen molar-refractivity contribution in [1.82, 2.24) is 19.2 Å². The second-order valence-electron chi connectivity index (χ2n) is 9.19. The van der Waals surface area contributed by atoms with Crippen LogP contribution in [0.25, 0.3) is 11.1 Å². The van der Waals surface area contributed by atoms with Crippen molar-refractivity contribution in [3.05, 3.63) is 36.9 Å². The standard InChI is InChI=1S/C23H32N4O4S/c1-16-11-27(17(2)14-28)32(29,30)23-7-6-19(20-9-24-15-25-10-20)8-21(23)31-22(16)13-26(3)12-18-4-5-18/h6-10,15-18,22,28H,4-5,11-14H2,1-3H3/t16-,17+,22+/m0/s1. The van der Waals surface area contributed by atoms with Crippen LogP contribution in [0.2, 0.25) is 0 Å². The van der Waals surface area contributed by atoms with Gasteiger partial charge in [-0.15, -0.1) is 0 Å². The summed E-state index contributed by atoms with van der Waals surface area (Å²) in [5.74, 6) is 1.03. The Hall–Kier alpha value is -2.07. The highest BCUT2D eigenvalue weighted by Gasteiger charge is 2.38. The molecule has 0 spiro atoms. The zero-order valence-corrected chi connectivity index (χ0v) is 19.7. The molecule has 2 aliphatic rings. The molecule has 0 saturated heterocycles. The Morgan fingerprint density at radius 1 is 1.22 bits per heavy atom. The fraction of sp³-hybridized carbons (Fsp3) is 0.565. The lowest BCUT2D eigenvalue weighted by Crippen LogP contribution is -2.49. The van der Waals surface area contributed by atoms with Gasteiger partial charge in [-0.05, 0) is 50.4 Å². The van der Waals surface area contributed by atoms with E-state index in [2.05, 4.69) is 21.9 Å². The van der Waals surface area contributed by atoms with Gasteiger partial charge in [0.05, 0.1) is 6.61 Å². The molecule has 0 unspecified atom stereocenters. The number of aliphatic hydroxyl groups excluding tert-OH is 1. The topological polar surface area (TPSA) is 95.9 Å². The summed E-state index contributed by atoms with van der Waals surface area (Å²) in [4.78, 5) is 10.5. The van der Waals surface area contributed by atoms with Crippen LogP contribution < -0.4 is 4.74 Å². The van der Waals surface area contributed by atoms with Gasteiger partial charge >= 0.3 is 0 Å². The third kappa shape index (κ3) is 4.96. The molecule has 32 heavy (non-hydrogen) atoms. The average Bonchev–Trinajstić information content (AvgIpc) is 3.59. The van der Waals surface area contributed by atoms with Crippen LogP contribution in [0.3, 0.4) is 0 Å². The molecular weight excluding hydrogens is 428 g/mol. The molecular formula is C23H32N4O4S. The van der Waals surface area contributed by atoms with Gasteiger partial charge in [0.15, 0.2) is 0 Å². The first-order valence-corrected chi connectivity index (χ1v) is 12.6. The molecule has 4 rings (SSSR count). The van der Waals surface area contributed by atoms with Crippen LogP contribution in [0.4, 0.5) is 0 Å². The van der Waals surface area contributed by atoms with Gasteiger partial charge in [-0.3, -0.25) is 0 Å². The highest BCUT2D eigenvalue weighted by molar-refractivity contribution is 7.89. The number of likely N-dealkylation sites (N-methyl/N-ethyl adjacent to an activating group) is 1. The second-order valence-corrected chi connectivity index (χ2v) is 11.1. The first-order valence-electron chi connectivity index (χ1n) is 11.2. The lowest BCUT2D eigenvalue weighted by molar-refractivity contribution is 0.0741. The summed E-state index contributed by atoms with van der Waals surface area (Å²) in [5.41, 5.74) is 1.58. The van der Waals surface area contributed by atoms with E-state index in [9.17, 15) is 13.5 Å². The Balaban J connectivity index is 1.74. The lowest BCUT2D eigenvalue weighted by atomic mass is 10.0. The molecule has 2 heterocycles. The van der Waals surface area contributed by atoms with Crippen LogP contribution in [0.15, 0.2) is 41.8 Å². The zero-order valence-electron chi connectivity index (χ0n) is 18.9. The van der Waals surface area contributed by atoms with Crippen LogP contribution in [0.5, 0.6) is 5.75 Å². The molecule has 1 N–H and O–H groups in total. The molecule has 1 aromatic heterocycles. The molecule has 1 aliphatic heterocycles. The summed E-state index contributed by atoms with van der Waals surface area (Å²) in [6, 6.07) is 4.57. The summed E-state index contributed by atoms with van der Waals surface area (Å²) < 4.78 is 35.0. The van der Waals surface area contributed by atoms with Crippen molar-refractivity contribution in [3.8, 4) is 16.9 Å². The maximum atomic E-state index is 13.6. The van der Waals surface area contributed by atoms with Crippen molar-refractivity contribution in [2.24, 2.45) is 11.8 Å². The highest BCUT2D eigenvalue weighted by atomic mass is 32.2. The van der Waals surface area contributed by atoms with Gasteiger partial charge in [-0.25, -0.2) is 18.4 Å². The minimum Gasteiger partial charge on any atom is -0.487 e. The van der Waals surface area contributed by atoms with Crippen LogP contribution in [0.1, 0.15) is 26.7 Å². The monoisotopic (exact) mass is 460 g/mol. The smallest absolute Gasteiger partial charge is 0.247 e. The molecule has 1 fully saturated rings. The van der Waals surface area contributed by atoms with Crippen molar-refractivity contribution in [3.63, 3.8) is 0 Å². The number of hydrogen-bond donors (Lipinski definition) is 1. The Morgan fingerprint density at radius 3 is 2.59 bits per heavy atom. The van der Waals surface area contributed by atoms with E-state index in [0.29, 0.717) is 18.8 Å². The van der Waals surface area contributed by atoms with Gasteiger partial charge in [0.2, 0.25) is 10.0 Å². The minimum absolute atomic E-state index is 0.0581. The van der Waals surface area contributed by atoms with Gasteiger partial charge < -0.3 is 14.7 Å². The maximum absolute atomic E-state index is 13.6. The first kappa shape index (κ1) is 23.1. The summed E-state index contributed by atoms with van der Waals surface area (Å²) >= 11 is 0. The molecule has 0 bridgehead atoms. The van der Waals surface area contributed by atoms with Crippen LogP contribution in [0, 0.1) is 11.8 Å². The minimum atomic E-state index is -3.84. The SMILES string of the molecule is C[C@H](CO)N1C[C@H](C)[C@@H](CN(C)CC2CC2)Oc2cc(-c3cncnc3)ccc2S1(=O)=O. The van der Waals surface area contributed by atoms with Gasteiger partial charge in [-0.1, -0.05) is 13.0 Å². The fourth-order valence-electron chi connectivity index (χ4n) is 4.19. The third-order valence-electron chi connectivity index (χ3n) is 6.32. The van der Waals surface area contributed by atoms with Gasteiger partial charge in [-0.2, -0.15) is 4.31 Å². The van der Waals surface area contributed by atoms with Crippen molar-refractivity contribution < 1.29 is 18.3 Å². The maximum Gasteiger partial charge on any atom is 0.247 e. The van der Waals surface area contributed by atoms with E-state index in [4.69, 9.17) is 4.74 Å². The summed E-state index contributed by atoms with van der Waals surface area (Å²) in [7, 11) is -1.75. The second kappa shape index (κ2) is 9.43. The van der Waals surface area contributed by atoms with E-state index < -0.39 is 16.1 Å². The Bertz CT molecular complexity index is 1030. The Labute approximate surface area is 190 Å². The molecule has 1 saturated carbocycles. The number of fused-ring (bicyclic) bond motifs is 1. The quantitative estimate of drug-likeness (QED) is 0.677. The molecule has 0 radical (unpaired) electrons. The number of rotatable bonds is 7. The fourth-order valence-corrected chi connectivity index (χ4v) is 6.02. The molecule has 0 amide bonds. The van der Waals surface area contributed by atoms with E-state index >= 15 is 0 Å². The number of aliphatic hydroxyl groups is 1. The van der Waals surface area contributed by atoms with Crippen LogP contribution in [-0.2, 0) is 10.0 Å². The zero-order chi connectivity index (χ0) is 22.9. The van der Waals surface area contributed by atoms with Gasteiger partial charge in [0.25, 0.3) is 0 Å². The number of sulfonamides is 1. The molecule has 1 aliphatic carbocycles. The third-order valence-corrected chi connectivity index (χ3v) is 8.34. The number of hydrogen-bond acceptors (Lipinski definition) is 7. The summed E-state index contributed by atoms with van der Waals surface area (Å²) in [6.07, 6.45) is 7.20. The lowest BCUT2D eigenvalue weighted by Gasteiger charge is -2.37. The average molecular weight is 461 g/mol. The van der Waals surface area contributed by atoms with Crippen molar-refractivity contribution in [1.29, 1.82) is 0 Å². The molecule has 1 aromatic carbocycles. The van der Waals surface area contributed by atoms with Crippen LogP contribution >= 0.6 is 0 Å². The molecule has 3 atom stereocenters. The predicted molar refractivity (Wildman–Crippen MR) is 122 cm³/mol. The number of aromatic nitrogens is 2. The van der Waals surface area contributed by atoms with Crippen molar-refractivity contribution in [2.75, 3.05) is 33.3 Å². The number of ether oxygens (including phenoxy) is 1. The van der Waals surface area contributed by atoms with Gasteiger partial charge in [0.1, 0.15) is 23.1 Å². The summed E-state index contributed by atoms with van der Waals surface area (Å²) in [5, 5.41) is 9.77.